The lowest BCUT2D eigenvalue weighted by atomic mass is 9.65. The van der Waals surface area contributed by atoms with Crippen molar-refractivity contribution >= 4 is 17.3 Å². The quantitative estimate of drug-likeness (QED) is 0.556. The van der Waals surface area contributed by atoms with Gasteiger partial charge in [0, 0.05) is 29.6 Å². The molecule has 1 amide bonds. The molecule has 2 N–H and O–H groups in total. The van der Waals surface area contributed by atoms with Gasteiger partial charge in [-0.25, -0.2) is 0 Å². The largest absolute Gasteiger partial charge is 0.496 e. The number of hydrogen-bond acceptors (Lipinski definition) is 4. The van der Waals surface area contributed by atoms with Gasteiger partial charge in [0.1, 0.15) is 11.5 Å². The number of carbonyl (C=O) groups is 1. The first-order valence-corrected chi connectivity index (χ1v) is 11.0. The van der Waals surface area contributed by atoms with E-state index in [1.54, 1.807) is 7.11 Å². The number of benzene rings is 3. The van der Waals surface area contributed by atoms with Gasteiger partial charge in [-0.3, -0.25) is 4.79 Å². The van der Waals surface area contributed by atoms with E-state index < -0.39 is 0 Å². The Balaban J connectivity index is 1.53. The fourth-order valence-corrected chi connectivity index (χ4v) is 5.11. The van der Waals surface area contributed by atoms with Gasteiger partial charge >= 0.3 is 0 Å². The summed E-state index contributed by atoms with van der Waals surface area (Å²) in [5, 5.41) is 6.61. The van der Waals surface area contributed by atoms with Crippen LogP contribution < -0.4 is 20.1 Å². The zero-order valence-electron chi connectivity index (χ0n) is 18.9. The molecule has 0 aliphatic carbocycles. The lowest BCUT2D eigenvalue weighted by Gasteiger charge is -2.48. The number of hydrogen-bond donors (Lipinski definition) is 2. The number of amides is 1. The smallest absolute Gasteiger partial charge is 0.221 e. The van der Waals surface area contributed by atoms with Crippen LogP contribution >= 0.6 is 0 Å². The molecule has 5 nitrogen and oxygen atoms in total. The highest BCUT2D eigenvalue weighted by molar-refractivity contribution is 5.89. The highest BCUT2D eigenvalue weighted by Gasteiger charge is 2.47. The maximum Gasteiger partial charge on any atom is 0.221 e. The summed E-state index contributed by atoms with van der Waals surface area (Å²) in [4.78, 5) is 11.3. The van der Waals surface area contributed by atoms with Gasteiger partial charge in [-0.15, -0.1) is 0 Å². The molecule has 0 saturated carbocycles. The Bertz CT molecular complexity index is 1170. The van der Waals surface area contributed by atoms with E-state index in [9.17, 15) is 4.79 Å². The van der Waals surface area contributed by atoms with Gasteiger partial charge in [-0.1, -0.05) is 38.1 Å². The van der Waals surface area contributed by atoms with E-state index in [0.717, 1.165) is 39.6 Å². The van der Waals surface area contributed by atoms with E-state index in [-0.39, 0.29) is 23.3 Å². The van der Waals surface area contributed by atoms with Crippen molar-refractivity contribution < 1.29 is 14.3 Å². The second-order valence-electron chi connectivity index (χ2n) is 9.15. The Hall–Kier alpha value is -3.47. The third-order valence-corrected chi connectivity index (χ3v) is 6.87. The number of anilines is 2. The molecule has 2 atom stereocenters. The summed E-state index contributed by atoms with van der Waals surface area (Å²) in [5.74, 6) is 1.95. The molecule has 0 bridgehead atoms. The fraction of sp³-hybridized carbons (Fsp3) is 0.296. The minimum absolute atomic E-state index is 0.0678. The molecule has 0 fully saturated rings. The van der Waals surface area contributed by atoms with Crippen LogP contribution in [0.5, 0.6) is 11.5 Å². The van der Waals surface area contributed by atoms with Crippen molar-refractivity contribution in [2.24, 2.45) is 5.92 Å². The molecule has 2 heterocycles. The van der Waals surface area contributed by atoms with E-state index in [4.69, 9.17) is 9.47 Å². The van der Waals surface area contributed by atoms with Gasteiger partial charge in [0.2, 0.25) is 5.91 Å². The molecule has 2 aliphatic heterocycles. The third kappa shape index (κ3) is 3.29. The van der Waals surface area contributed by atoms with Crippen molar-refractivity contribution in [3.05, 3.63) is 71.8 Å². The van der Waals surface area contributed by atoms with Crippen LogP contribution in [0.25, 0.3) is 11.1 Å². The second-order valence-corrected chi connectivity index (χ2v) is 9.15. The molecule has 2 aliphatic rings. The van der Waals surface area contributed by atoms with Crippen molar-refractivity contribution in [1.29, 1.82) is 0 Å². The van der Waals surface area contributed by atoms with Crippen LogP contribution in [0.1, 0.15) is 37.9 Å². The van der Waals surface area contributed by atoms with Gasteiger partial charge in [-0.2, -0.15) is 0 Å². The minimum atomic E-state index is -0.101. The maximum atomic E-state index is 11.3. The van der Waals surface area contributed by atoms with E-state index >= 15 is 0 Å². The Morgan fingerprint density at radius 3 is 2.56 bits per heavy atom. The molecule has 5 rings (SSSR count). The van der Waals surface area contributed by atoms with Crippen LogP contribution in [0, 0.1) is 5.92 Å². The highest BCUT2D eigenvalue weighted by atomic mass is 16.5. The second kappa shape index (κ2) is 7.59. The summed E-state index contributed by atoms with van der Waals surface area (Å²) in [5.41, 5.74) is 6.50. The molecule has 0 radical (unpaired) electrons. The van der Waals surface area contributed by atoms with E-state index in [1.165, 1.54) is 12.5 Å². The average Bonchev–Trinajstić information content (AvgIpc) is 2.78. The van der Waals surface area contributed by atoms with Crippen LogP contribution in [0.3, 0.4) is 0 Å². The summed E-state index contributed by atoms with van der Waals surface area (Å²) in [6.07, 6.45) is 0. The molecule has 0 aromatic heterocycles. The topological polar surface area (TPSA) is 59.6 Å². The number of carbonyl (C=O) groups excluding carboxylic acids is 1. The van der Waals surface area contributed by atoms with Gasteiger partial charge in [0.25, 0.3) is 0 Å². The SMILES string of the molecule is COc1cccc2c1[C@H]1Nc3ccc(-c4ccc(NC(C)=O)cc4)cc3C(C)(C)[C@H]1CO2. The number of rotatable bonds is 3. The number of fused-ring (bicyclic) bond motifs is 4. The fourth-order valence-electron chi connectivity index (χ4n) is 5.11. The standard InChI is InChI=1S/C27H28N2O3/c1-16(30)28-19-11-8-17(9-12-19)18-10-13-22-20(14-18)27(2,3)21-15-32-24-7-5-6-23(31-4)25(24)26(21)29-22/h5-14,21,26,29H,15H2,1-4H3,(H,28,30)/t21-,26-/m0/s1. The third-order valence-electron chi connectivity index (χ3n) is 6.87. The molecule has 3 aromatic rings. The zero-order chi connectivity index (χ0) is 22.5. The molecular formula is C27H28N2O3. The van der Waals surface area contributed by atoms with E-state index in [2.05, 4.69) is 42.7 Å². The Morgan fingerprint density at radius 2 is 1.84 bits per heavy atom. The van der Waals surface area contributed by atoms with Crippen molar-refractivity contribution in [2.75, 3.05) is 24.4 Å². The van der Waals surface area contributed by atoms with Crippen LogP contribution in [0.15, 0.2) is 60.7 Å². The normalized spacial score (nSPS) is 20.0. The van der Waals surface area contributed by atoms with Crippen molar-refractivity contribution in [2.45, 2.75) is 32.2 Å². The first-order valence-electron chi connectivity index (χ1n) is 11.0. The van der Waals surface area contributed by atoms with Gasteiger partial charge in [0.05, 0.1) is 25.3 Å². The predicted octanol–water partition coefficient (Wildman–Crippen LogP) is 5.77. The monoisotopic (exact) mass is 428 g/mol. The Morgan fingerprint density at radius 1 is 1.09 bits per heavy atom. The predicted molar refractivity (Wildman–Crippen MR) is 128 cm³/mol. The molecule has 5 heteroatoms. The molecule has 0 saturated heterocycles. The molecule has 32 heavy (non-hydrogen) atoms. The maximum absolute atomic E-state index is 11.3. The molecule has 0 spiro atoms. The summed E-state index contributed by atoms with van der Waals surface area (Å²) in [6, 6.07) is 20.7. The van der Waals surface area contributed by atoms with Crippen molar-refractivity contribution in [3.8, 4) is 22.6 Å². The van der Waals surface area contributed by atoms with Gasteiger partial charge in [0.15, 0.2) is 0 Å². The van der Waals surface area contributed by atoms with Crippen LogP contribution in [-0.4, -0.2) is 19.6 Å². The molecule has 3 aromatic carbocycles. The molecule has 164 valence electrons. The van der Waals surface area contributed by atoms with E-state index in [0.29, 0.717) is 6.61 Å². The average molecular weight is 429 g/mol. The molecule has 0 unspecified atom stereocenters. The van der Waals surface area contributed by atoms with Crippen LogP contribution in [0.2, 0.25) is 0 Å². The van der Waals surface area contributed by atoms with Crippen molar-refractivity contribution in [3.63, 3.8) is 0 Å². The van der Waals surface area contributed by atoms with E-state index in [1.807, 2.05) is 42.5 Å². The lowest BCUT2D eigenvalue weighted by molar-refractivity contribution is -0.114. The first kappa shape index (κ1) is 20.4. The number of ether oxygens (including phenoxy) is 2. The lowest BCUT2D eigenvalue weighted by Crippen LogP contribution is -2.46. The van der Waals surface area contributed by atoms with Gasteiger partial charge < -0.3 is 20.1 Å². The summed E-state index contributed by atoms with van der Waals surface area (Å²) < 4.78 is 11.9. The highest BCUT2D eigenvalue weighted by Crippen LogP contribution is 2.54. The van der Waals surface area contributed by atoms with Crippen molar-refractivity contribution in [1.82, 2.24) is 0 Å². The Labute approximate surface area is 188 Å². The van der Waals surface area contributed by atoms with Crippen LogP contribution in [0.4, 0.5) is 11.4 Å². The summed E-state index contributed by atoms with van der Waals surface area (Å²) in [6.45, 7) is 6.78. The van der Waals surface area contributed by atoms with Crippen LogP contribution in [-0.2, 0) is 10.2 Å². The first-order chi connectivity index (χ1) is 15.4. The molecular weight excluding hydrogens is 400 g/mol. The summed E-state index contributed by atoms with van der Waals surface area (Å²) in [7, 11) is 1.71. The Kier molecular flexibility index (Phi) is 4.85. The zero-order valence-corrected chi connectivity index (χ0v) is 18.9. The van der Waals surface area contributed by atoms with Gasteiger partial charge in [-0.05, 0) is 53.1 Å². The minimum Gasteiger partial charge on any atom is -0.496 e. The summed E-state index contributed by atoms with van der Waals surface area (Å²) >= 11 is 0. The number of nitrogens with one attached hydrogen (secondary N) is 2. The number of methoxy groups -OCH3 is 1.